The molecule has 2 heterocycles. The lowest BCUT2D eigenvalue weighted by Crippen LogP contribution is -2.14. The van der Waals surface area contributed by atoms with Gasteiger partial charge in [0.15, 0.2) is 0 Å². The van der Waals surface area contributed by atoms with Crippen molar-refractivity contribution >= 4 is 22.7 Å². The molecule has 0 radical (unpaired) electrons. The van der Waals surface area contributed by atoms with Gasteiger partial charge in [0.25, 0.3) is 11.6 Å². The highest BCUT2D eigenvalue weighted by Gasteiger charge is 2.21. The van der Waals surface area contributed by atoms with Gasteiger partial charge in [-0.25, -0.2) is 18.2 Å². The molecule has 5 nitrogen and oxygen atoms in total. The smallest absolute Gasteiger partial charge is 0.259 e. The van der Waals surface area contributed by atoms with Crippen LogP contribution in [0, 0.1) is 24.4 Å². The summed E-state index contributed by atoms with van der Waals surface area (Å²) < 4.78 is 46.3. The van der Waals surface area contributed by atoms with Crippen LogP contribution < -0.4 is 5.32 Å². The third-order valence-electron chi connectivity index (χ3n) is 4.19. The molecule has 2 aromatic heterocycles. The van der Waals surface area contributed by atoms with E-state index in [9.17, 15) is 18.0 Å². The van der Waals surface area contributed by atoms with Crippen LogP contribution in [0.4, 0.5) is 18.9 Å². The highest BCUT2D eigenvalue weighted by molar-refractivity contribution is 6.13. The number of fused-ring (bicyclic) bond motifs is 1. The highest BCUT2D eigenvalue weighted by atomic mass is 19.1. The minimum absolute atomic E-state index is 0.0444. The summed E-state index contributed by atoms with van der Waals surface area (Å²) in [6.45, 7) is 1.62. The number of carbonyl (C=O) groups excluding carboxylic acids is 1. The fourth-order valence-electron chi connectivity index (χ4n) is 2.86. The maximum Gasteiger partial charge on any atom is 0.259 e. The standard InChI is InChI=1S/C20H12F3N3O2/c1-10-18-13(19(27)24-16-7-6-11(21)8-15(16)23)9-17(25-20(18)28-26-10)12-4-2-3-5-14(12)22/h2-9H,1H3,(H,24,27). The Bertz CT molecular complexity index is 1220. The van der Waals surface area contributed by atoms with Crippen LogP contribution in [0.15, 0.2) is 53.1 Å². The van der Waals surface area contributed by atoms with Crippen molar-refractivity contribution in [1.82, 2.24) is 10.1 Å². The van der Waals surface area contributed by atoms with E-state index in [-0.39, 0.29) is 28.2 Å². The molecule has 0 aliphatic heterocycles. The summed E-state index contributed by atoms with van der Waals surface area (Å²) in [6, 6.07) is 10.1. The maximum absolute atomic E-state index is 14.2. The van der Waals surface area contributed by atoms with Crippen molar-refractivity contribution in [3.05, 3.63) is 77.2 Å². The summed E-state index contributed by atoms with van der Waals surface area (Å²) in [4.78, 5) is 17.1. The minimum atomic E-state index is -0.921. The number of benzene rings is 2. The highest BCUT2D eigenvalue weighted by Crippen LogP contribution is 2.29. The Morgan fingerprint density at radius 1 is 1.04 bits per heavy atom. The minimum Gasteiger partial charge on any atom is -0.335 e. The van der Waals surface area contributed by atoms with Crippen molar-refractivity contribution in [2.24, 2.45) is 0 Å². The number of carbonyl (C=O) groups is 1. The molecule has 0 fully saturated rings. The predicted molar refractivity (Wildman–Crippen MR) is 96.2 cm³/mol. The van der Waals surface area contributed by atoms with E-state index in [0.29, 0.717) is 17.1 Å². The zero-order chi connectivity index (χ0) is 19.8. The summed E-state index contributed by atoms with van der Waals surface area (Å²) in [5.41, 5.74) is 0.644. The number of aromatic nitrogens is 2. The molecule has 1 N–H and O–H groups in total. The molecule has 0 saturated carbocycles. The average molecular weight is 383 g/mol. The van der Waals surface area contributed by atoms with Gasteiger partial charge in [-0.05, 0) is 37.3 Å². The first-order chi connectivity index (χ1) is 13.4. The van der Waals surface area contributed by atoms with Crippen molar-refractivity contribution < 1.29 is 22.5 Å². The first kappa shape index (κ1) is 17.7. The lowest BCUT2D eigenvalue weighted by molar-refractivity contribution is 0.102. The number of hydrogen-bond acceptors (Lipinski definition) is 4. The quantitative estimate of drug-likeness (QED) is 0.548. The van der Waals surface area contributed by atoms with Crippen LogP contribution in [0.5, 0.6) is 0 Å². The number of amides is 1. The second kappa shape index (κ2) is 6.80. The van der Waals surface area contributed by atoms with E-state index in [1.54, 1.807) is 13.0 Å². The summed E-state index contributed by atoms with van der Waals surface area (Å²) >= 11 is 0. The molecule has 0 aliphatic rings. The number of nitrogens with zero attached hydrogens (tertiary/aromatic N) is 2. The molecule has 8 heteroatoms. The zero-order valence-corrected chi connectivity index (χ0v) is 14.5. The summed E-state index contributed by atoms with van der Waals surface area (Å²) in [5.74, 6) is -2.91. The molecular weight excluding hydrogens is 371 g/mol. The molecule has 1 amide bonds. The Kier molecular flexibility index (Phi) is 4.31. The van der Waals surface area contributed by atoms with Gasteiger partial charge >= 0.3 is 0 Å². The molecule has 28 heavy (non-hydrogen) atoms. The molecule has 0 atom stereocenters. The molecule has 0 spiro atoms. The molecule has 0 aliphatic carbocycles. The van der Waals surface area contributed by atoms with Gasteiger partial charge in [-0.3, -0.25) is 4.79 Å². The van der Waals surface area contributed by atoms with E-state index in [4.69, 9.17) is 4.52 Å². The van der Waals surface area contributed by atoms with Crippen molar-refractivity contribution in [2.45, 2.75) is 6.92 Å². The van der Waals surface area contributed by atoms with Crippen LogP contribution in [0.2, 0.25) is 0 Å². The Labute approximate surface area is 156 Å². The van der Waals surface area contributed by atoms with Gasteiger partial charge in [-0.1, -0.05) is 17.3 Å². The predicted octanol–water partition coefficient (Wildman–Crippen LogP) is 4.87. The van der Waals surface area contributed by atoms with E-state index in [1.165, 1.54) is 24.3 Å². The third-order valence-corrected chi connectivity index (χ3v) is 4.19. The lowest BCUT2D eigenvalue weighted by atomic mass is 10.0. The first-order valence-electron chi connectivity index (χ1n) is 8.22. The van der Waals surface area contributed by atoms with Crippen molar-refractivity contribution in [1.29, 1.82) is 0 Å². The summed E-state index contributed by atoms with van der Waals surface area (Å²) in [5, 5.41) is 6.50. The number of rotatable bonds is 3. The Morgan fingerprint density at radius 3 is 2.57 bits per heavy atom. The van der Waals surface area contributed by atoms with E-state index < -0.39 is 23.4 Å². The molecule has 2 aromatic carbocycles. The summed E-state index contributed by atoms with van der Waals surface area (Å²) in [6.07, 6.45) is 0. The van der Waals surface area contributed by atoms with Gasteiger partial charge in [0.1, 0.15) is 17.5 Å². The molecular formula is C20H12F3N3O2. The monoisotopic (exact) mass is 383 g/mol. The second-order valence-electron chi connectivity index (χ2n) is 6.06. The first-order valence-corrected chi connectivity index (χ1v) is 8.22. The van der Waals surface area contributed by atoms with Gasteiger partial charge in [0.2, 0.25) is 0 Å². The number of anilines is 1. The van der Waals surface area contributed by atoms with Crippen LogP contribution in [-0.2, 0) is 0 Å². The number of nitrogens with one attached hydrogen (secondary N) is 1. The van der Waals surface area contributed by atoms with Crippen molar-refractivity contribution in [3.63, 3.8) is 0 Å². The molecule has 140 valence electrons. The van der Waals surface area contributed by atoms with E-state index in [2.05, 4.69) is 15.5 Å². The Balaban J connectivity index is 1.84. The van der Waals surface area contributed by atoms with Crippen LogP contribution in [0.3, 0.4) is 0 Å². The second-order valence-corrected chi connectivity index (χ2v) is 6.06. The zero-order valence-electron chi connectivity index (χ0n) is 14.5. The number of pyridine rings is 1. The van der Waals surface area contributed by atoms with Gasteiger partial charge < -0.3 is 9.84 Å². The largest absolute Gasteiger partial charge is 0.335 e. The molecule has 4 rings (SSSR count). The number of halogens is 3. The Hall–Kier alpha value is -3.68. The van der Waals surface area contributed by atoms with Crippen LogP contribution in [0.1, 0.15) is 16.1 Å². The Morgan fingerprint density at radius 2 is 1.82 bits per heavy atom. The van der Waals surface area contributed by atoms with Crippen LogP contribution in [0.25, 0.3) is 22.4 Å². The lowest BCUT2D eigenvalue weighted by Gasteiger charge is -2.09. The average Bonchev–Trinajstić information content (AvgIpc) is 3.04. The van der Waals surface area contributed by atoms with E-state index in [0.717, 1.165) is 12.1 Å². The van der Waals surface area contributed by atoms with Gasteiger partial charge in [0.05, 0.1) is 28.0 Å². The van der Waals surface area contributed by atoms with E-state index >= 15 is 0 Å². The molecule has 0 unspecified atom stereocenters. The third kappa shape index (κ3) is 3.09. The SMILES string of the molecule is Cc1noc2nc(-c3ccccc3F)cc(C(=O)Nc3ccc(F)cc3F)c12. The van der Waals surface area contributed by atoms with Gasteiger partial charge in [0, 0.05) is 11.6 Å². The fourth-order valence-corrected chi connectivity index (χ4v) is 2.86. The normalized spacial score (nSPS) is 11.0. The number of aryl methyl sites for hydroxylation is 1. The van der Waals surface area contributed by atoms with E-state index in [1.807, 2.05) is 0 Å². The number of hydrogen-bond donors (Lipinski definition) is 1. The fraction of sp³-hybridized carbons (Fsp3) is 0.0500. The molecule has 0 bridgehead atoms. The summed E-state index contributed by atoms with van der Waals surface area (Å²) in [7, 11) is 0. The molecule has 4 aromatic rings. The molecule has 0 saturated heterocycles. The van der Waals surface area contributed by atoms with Gasteiger partial charge in [-0.15, -0.1) is 0 Å². The van der Waals surface area contributed by atoms with Crippen molar-refractivity contribution in [2.75, 3.05) is 5.32 Å². The van der Waals surface area contributed by atoms with Crippen LogP contribution >= 0.6 is 0 Å². The maximum atomic E-state index is 14.2. The van der Waals surface area contributed by atoms with Gasteiger partial charge in [-0.2, -0.15) is 0 Å². The van der Waals surface area contributed by atoms with Crippen LogP contribution in [-0.4, -0.2) is 16.0 Å². The topological polar surface area (TPSA) is 68.0 Å². The van der Waals surface area contributed by atoms with Crippen molar-refractivity contribution in [3.8, 4) is 11.3 Å².